The Hall–Kier alpha value is -2.39. The van der Waals surface area contributed by atoms with Gasteiger partial charge in [0.25, 0.3) is 0 Å². The average Bonchev–Trinajstić information content (AvgIpc) is 2.36. The lowest BCUT2D eigenvalue weighted by Crippen LogP contribution is -2.35. The molecule has 1 heterocycles. The van der Waals surface area contributed by atoms with Gasteiger partial charge < -0.3 is 10.6 Å². The Kier molecular flexibility index (Phi) is 4.48. The Balaban J connectivity index is 3.19. The Morgan fingerprint density at radius 1 is 1.50 bits per heavy atom. The normalized spacial score (nSPS) is 12.7. The number of aromatic nitrogens is 1. The maximum atomic E-state index is 12.5. The number of likely N-dealkylation sites (N-methyl/N-ethyl adjacent to an activating group) is 1. The SMILES string of the molecule is CNC(=O)C(C)Nc1cc(C(F)(F)F)ncc1[N+](=O)[O-]. The van der Waals surface area contributed by atoms with Crippen LogP contribution < -0.4 is 10.6 Å². The van der Waals surface area contributed by atoms with Gasteiger partial charge in [-0.25, -0.2) is 4.98 Å². The van der Waals surface area contributed by atoms with E-state index in [4.69, 9.17) is 0 Å². The van der Waals surface area contributed by atoms with Crippen LogP contribution in [0, 0.1) is 10.1 Å². The van der Waals surface area contributed by atoms with Crippen molar-refractivity contribution in [3.8, 4) is 0 Å². The summed E-state index contributed by atoms with van der Waals surface area (Å²) >= 11 is 0. The van der Waals surface area contributed by atoms with Gasteiger partial charge in [0.1, 0.15) is 23.6 Å². The highest BCUT2D eigenvalue weighted by Crippen LogP contribution is 2.33. The number of nitro groups is 1. The van der Waals surface area contributed by atoms with Gasteiger partial charge in [0, 0.05) is 7.05 Å². The molecule has 1 aromatic heterocycles. The van der Waals surface area contributed by atoms with E-state index in [1.165, 1.54) is 14.0 Å². The van der Waals surface area contributed by atoms with Crippen LogP contribution in [0.1, 0.15) is 12.6 Å². The standard InChI is InChI=1S/C10H11F3N4O3/c1-5(9(18)14-2)16-6-3-8(10(11,12)13)15-4-7(6)17(19)20/h3-5H,1-2H3,(H,14,18)(H,15,16). The first kappa shape index (κ1) is 15.7. The molecule has 10 heteroatoms. The number of rotatable bonds is 4. The molecule has 0 saturated carbocycles. The molecule has 1 aromatic rings. The summed E-state index contributed by atoms with van der Waals surface area (Å²) in [6.45, 7) is 1.36. The number of amides is 1. The number of nitrogens with zero attached hydrogens (tertiary/aromatic N) is 2. The van der Waals surface area contributed by atoms with Crippen molar-refractivity contribution >= 4 is 17.3 Å². The van der Waals surface area contributed by atoms with E-state index in [0.717, 1.165) is 0 Å². The minimum absolute atomic E-state index is 0.423. The van der Waals surface area contributed by atoms with Crippen LogP contribution in [-0.2, 0) is 11.0 Å². The summed E-state index contributed by atoms with van der Waals surface area (Å²) in [4.78, 5) is 24.2. The van der Waals surface area contributed by atoms with Crippen molar-refractivity contribution in [2.24, 2.45) is 0 Å². The van der Waals surface area contributed by atoms with Crippen LogP contribution in [0.25, 0.3) is 0 Å². The third kappa shape index (κ3) is 3.56. The summed E-state index contributed by atoms with van der Waals surface area (Å²) in [7, 11) is 1.34. The molecule has 20 heavy (non-hydrogen) atoms. The third-order valence-corrected chi connectivity index (χ3v) is 2.38. The molecular formula is C10H11F3N4O3. The monoisotopic (exact) mass is 292 g/mol. The maximum absolute atomic E-state index is 12.5. The predicted molar refractivity (Wildman–Crippen MR) is 63.0 cm³/mol. The van der Waals surface area contributed by atoms with Crippen molar-refractivity contribution in [1.82, 2.24) is 10.3 Å². The molecule has 0 aliphatic heterocycles. The molecule has 110 valence electrons. The summed E-state index contributed by atoms with van der Waals surface area (Å²) < 4.78 is 37.6. The van der Waals surface area contributed by atoms with Gasteiger partial charge in [-0.15, -0.1) is 0 Å². The first-order valence-electron chi connectivity index (χ1n) is 5.36. The van der Waals surface area contributed by atoms with Gasteiger partial charge in [-0.05, 0) is 13.0 Å². The number of halogens is 3. The number of hydrogen-bond acceptors (Lipinski definition) is 5. The lowest BCUT2D eigenvalue weighted by Gasteiger charge is -2.15. The fourth-order valence-electron chi connectivity index (χ4n) is 1.38. The van der Waals surface area contributed by atoms with E-state index in [1.807, 2.05) is 0 Å². The lowest BCUT2D eigenvalue weighted by atomic mass is 10.2. The Morgan fingerprint density at radius 3 is 2.55 bits per heavy atom. The van der Waals surface area contributed by atoms with Crippen molar-refractivity contribution < 1.29 is 22.9 Å². The molecule has 0 aromatic carbocycles. The fraction of sp³-hybridized carbons (Fsp3) is 0.400. The zero-order chi connectivity index (χ0) is 15.5. The van der Waals surface area contributed by atoms with Crippen LogP contribution in [0.5, 0.6) is 0 Å². The van der Waals surface area contributed by atoms with E-state index >= 15 is 0 Å². The van der Waals surface area contributed by atoms with Crippen LogP contribution in [0.2, 0.25) is 0 Å². The quantitative estimate of drug-likeness (QED) is 0.648. The number of nitrogens with one attached hydrogen (secondary N) is 2. The van der Waals surface area contributed by atoms with Crippen molar-refractivity contribution in [2.45, 2.75) is 19.1 Å². The van der Waals surface area contributed by atoms with Crippen molar-refractivity contribution in [3.63, 3.8) is 0 Å². The molecule has 1 unspecified atom stereocenters. The number of hydrogen-bond donors (Lipinski definition) is 2. The zero-order valence-corrected chi connectivity index (χ0v) is 10.5. The molecule has 1 amide bonds. The number of carbonyl (C=O) groups excluding carboxylic acids is 1. The number of pyridine rings is 1. The molecule has 0 fully saturated rings. The van der Waals surface area contributed by atoms with Gasteiger partial charge >= 0.3 is 11.9 Å². The van der Waals surface area contributed by atoms with Gasteiger partial charge in [0.05, 0.1) is 4.92 Å². The molecule has 0 aliphatic rings. The van der Waals surface area contributed by atoms with E-state index < -0.39 is 40.1 Å². The lowest BCUT2D eigenvalue weighted by molar-refractivity contribution is -0.384. The minimum Gasteiger partial charge on any atom is -0.368 e. The van der Waals surface area contributed by atoms with Gasteiger partial charge in [-0.2, -0.15) is 13.2 Å². The molecular weight excluding hydrogens is 281 g/mol. The van der Waals surface area contributed by atoms with Crippen LogP contribution in [0.3, 0.4) is 0 Å². The van der Waals surface area contributed by atoms with E-state index in [-0.39, 0.29) is 0 Å². The van der Waals surface area contributed by atoms with Gasteiger partial charge in [0.2, 0.25) is 5.91 Å². The number of anilines is 1. The van der Waals surface area contributed by atoms with Gasteiger partial charge in [0.15, 0.2) is 0 Å². The smallest absolute Gasteiger partial charge is 0.368 e. The molecule has 2 N–H and O–H groups in total. The van der Waals surface area contributed by atoms with E-state index in [9.17, 15) is 28.1 Å². The maximum Gasteiger partial charge on any atom is 0.433 e. The van der Waals surface area contributed by atoms with E-state index in [0.29, 0.717) is 12.3 Å². The van der Waals surface area contributed by atoms with Gasteiger partial charge in [-0.1, -0.05) is 0 Å². The van der Waals surface area contributed by atoms with Crippen molar-refractivity contribution in [2.75, 3.05) is 12.4 Å². The molecule has 7 nitrogen and oxygen atoms in total. The van der Waals surface area contributed by atoms with E-state index in [1.54, 1.807) is 0 Å². The molecule has 0 aliphatic carbocycles. The molecule has 1 rings (SSSR count). The Bertz CT molecular complexity index is 533. The van der Waals surface area contributed by atoms with Crippen LogP contribution in [0.4, 0.5) is 24.5 Å². The first-order chi connectivity index (χ1) is 9.16. The Morgan fingerprint density at radius 2 is 2.10 bits per heavy atom. The minimum atomic E-state index is -4.73. The molecule has 0 saturated heterocycles. The first-order valence-corrected chi connectivity index (χ1v) is 5.36. The average molecular weight is 292 g/mol. The third-order valence-electron chi connectivity index (χ3n) is 2.38. The summed E-state index contributed by atoms with van der Waals surface area (Å²) in [6, 6.07) is -0.445. The van der Waals surface area contributed by atoms with Crippen LogP contribution >= 0.6 is 0 Å². The van der Waals surface area contributed by atoms with Crippen molar-refractivity contribution in [1.29, 1.82) is 0 Å². The largest absolute Gasteiger partial charge is 0.433 e. The highest BCUT2D eigenvalue weighted by molar-refractivity contribution is 5.84. The zero-order valence-electron chi connectivity index (χ0n) is 10.5. The summed E-state index contributed by atoms with van der Waals surface area (Å²) in [6.07, 6.45) is -4.23. The van der Waals surface area contributed by atoms with E-state index in [2.05, 4.69) is 15.6 Å². The van der Waals surface area contributed by atoms with Gasteiger partial charge in [-0.3, -0.25) is 14.9 Å². The van der Waals surface area contributed by atoms with Crippen LogP contribution in [0.15, 0.2) is 12.3 Å². The number of alkyl halides is 3. The highest BCUT2D eigenvalue weighted by atomic mass is 19.4. The summed E-state index contributed by atoms with van der Waals surface area (Å²) in [5.41, 5.74) is -2.35. The predicted octanol–water partition coefficient (Wildman–Crippen LogP) is 1.55. The highest BCUT2D eigenvalue weighted by Gasteiger charge is 2.34. The molecule has 1 atom stereocenters. The molecule has 0 spiro atoms. The number of carbonyl (C=O) groups is 1. The molecule has 0 bridgehead atoms. The van der Waals surface area contributed by atoms with Crippen molar-refractivity contribution in [3.05, 3.63) is 28.1 Å². The van der Waals surface area contributed by atoms with Crippen LogP contribution in [-0.4, -0.2) is 28.9 Å². The summed E-state index contributed by atoms with van der Waals surface area (Å²) in [5, 5.41) is 15.4. The second kappa shape index (κ2) is 5.72. The topological polar surface area (TPSA) is 97.2 Å². The Labute approximate surface area is 111 Å². The fourth-order valence-corrected chi connectivity index (χ4v) is 1.38. The second-order valence-electron chi connectivity index (χ2n) is 3.82. The summed E-state index contributed by atoms with van der Waals surface area (Å²) in [5.74, 6) is -0.523. The second-order valence-corrected chi connectivity index (χ2v) is 3.82. The molecule has 0 radical (unpaired) electrons.